The maximum absolute atomic E-state index is 11.9. The van der Waals surface area contributed by atoms with Crippen molar-refractivity contribution in [3.05, 3.63) is 17.0 Å². The van der Waals surface area contributed by atoms with Crippen molar-refractivity contribution in [3.63, 3.8) is 0 Å². The molecule has 30 heavy (non-hydrogen) atoms. The van der Waals surface area contributed by atoms with E-state index in [1.807, 2.05) is 11.7 Å². The molecule has 1 amide bonds. The number of likely N-dealkylation sites (N-methyl/N-ethyl adjacent to an activating group) is 1. The van der Waals surface area contributed by atoms with E-state index in [2.05, 4.69) is 48.4 Å². The van der Waals surface area contributed by atoms with Gasteiger partial charge in [0.15, 0.2) is 5.96 Å². The smallest absolute Gasteiger partial charge is 0.243 e. The van der Waals surface area contributed by atoms with Crippen molar-refractivity contribution in [1.82, 2.24) is 25.3 Å². The molecule has 0 aliphatic carbocycles. The van der Waals surface area contributed by atoms with Crippen molar-refractivity contribution >= 4 is 35.8 Å². The SMILES string of the molecule is CCCCC(CC)CNC(=NCC(=O)N(C)C)NCCCc1c(C)nn(C)c1C.I. The summed E-state index contributed by atoms with van der Waals surface area (Å²) < 4.78 is 1.95. The first-order valence-electron chi connectivity index (χ1n) is 11.0. The van der Waals surface area contributed by atoms with Gasteiger partial charge in [-0.2, -0.15) is 5.10 Å². The van der Waals surface area contributed by atoms with Gasteiger partial charge in [0.05, 0.1) is 5.69 Å². The molecule has 0 spiro atoms. The molecular weight excluding hydrogens is 491 g/mol. The maximum atomic E-state index is 11.9. The van der Waals surface area contributed by atoms with Crippen LogP contribution in [0.4, 0.5) is 0 Å². The van der Waals surface area contributed by atoms with Gasteiger partial charge in [0, 0.05) is 39.9 Å². The van der Waals surface area contributed by atoms with Gasteiger partial charge in [-0.15, -0.1) is 24.0 Å². The van der Waals surface area contributed by atoms with E-state index in [1.165, 1.54) is 30.5 Å². The zero-order chi connectivity index (χ0) is 21.8. The normalized spacial score (nSPS) is 12.3. The second-order valence-corrected chi connectivity index (χ2v) is 8.05. The Kier molecular flexibility index (Phi) is 14.8. The quantitative estimate of drug-likeness (QED) is 0.187. The first kappa shape index (κ1) is 28.7. The number of carbonyl (C=O) groups excluding carboxylic acids is 1. The number of hydrogen-bond acceptors (Lipinski definition) is 3. The zero-order valence-corrected chi connectivity index (χ0v) is 22.4. The van der Waals surface area contributed by atoms with Crippen molar-refractivity contribution in [2.24, 2.45) is 18.0 Å². The molecule has 0 aliphatic heterocycles. The molecule has 174 valence electrons. The molecule has 0 fully saturated rings. The number of unbranched alkanes of at least 4 members (excludes halogenated alkanes) is 1. The third-order valence-electron chi connectivity index (χ3n) is 5.53. The van der Waals surface area contributed by atoms with E-state index in [9.17, 15) is 4.79 Å². The van der Waals surface area contributed by atoms with Crippen molar-refractivity contribution in [2.45, 2.75) is 66.2 Å². The number of amides is 1. The number of aromatic nitrogens is 2. The van der Waals surface area contributed by atoms with Crippen molar-refractivity contribution < 1.29 is 4.79 Å². The van der Waals surface area contributed by atoms with Crippen LogP contribution in [-0.2, 0) is 18.3 Å². The first-order chi connectivity index (χ1) is 13.8. The van der Waals surface area contributed by atoms with Gasteiger partial charge >= 0.3 is 0 Å². The van der Waals surface area contributed by atoms with Crippen LogP contribution in [0.2, 0.25) is 0 Å². The minimum atomic E-state index is 0. The van der Waals surface area contributed by atoms with Gasteiger partial charge in [-0.1, -0.05) is 33.1 Å². The molecule has 1 heterocycles. The third-order valence-corrected chi connectivity index (χ3v) is 5.53. The van der Waals surface area contributed by atoms with Gasteiger partial charge in [0.2, 0.25) is 5.91 Å². The molecule has 0 saturated carbocycles. The molecule has 1 atom stereocenters. The molecule has 8 heteroatoms. The molecule has 1 unspecified atom stereocenters. The Morgan fingerprint density at radius 3 is 2.43 bits per heavy atom. The number of halogens is 1. The first-order valence-corrected chi connectivity index (χ1v) is 11.0. The van der Waals surface area contributed by atoms with E-state index >= 15 is 0 Å². The molecule has 2 N–H and O–H groups in total. The van der Waals surface area contributed by atoms with Gasteiger partial charge in [-0.3, -0.25) is 9.48 Å². The van der Waals surface area contributed by atoms with Gasteiger partial charge in [-0.05, 0) is 44.6 Å². The second-order valence-electron chi connectivity index (χ2n) is 8.05. The Balaban J connectivity index is 0.00000841. The van der Waals surface area contributed by atoms with Crippen LogP contribution in [0.25, 0.3) is 0 Å². The minimum absolute atomic E-state index is 0. The van der Waals surface area contributed by atoms with Crippen LogP contribution >= 0.6 is 24.0 Å². The summed E-state index contributed by atoms with van der Waals surface area (Å²) in [5.74, 6) is 1.37. The summed E-state index contributed by atoms with van der Waals surface area (Å²) in [4.78, 5) is 18.0. The predicted octanol–water partition coefficient (Wildman–Crippen LogP) is 3.43. The maximum Gasteiger partial charge on any atom is 0.243 e. The highest BCUT2D eigenvalue weighted by Gasteiger charge is 2.11. The molecule has 0 saturated heterocycles. The van der Waals surface area contributed by atoms with Crippen LogP contribution < -0.4 is 10.6 Å². The van der Waals surface area contributed by atoms with Crippen LogP contribution in [0.1, 0.15) is 62.9 Å². The lowest BCUT2D eigenvalue weighted by atomic mass is 9.99. The largest absolute Gasteiger partial charge is 0.356 e. The van der Waals surface area contributed by atoms with Crippen LogP contribution in [0.5, 0.6) is 0 Å². The van der Waals surface area contributed by atoms with Crippen molar-refractivity contribution in [3.8, 4) is 0 Å². The summed E-state index contributed by atoms with van der Waals surface area (Å²) in [7, 11) is 5.51. The van der Waals surface area contributed by atoms with Crippen LogP contribution in [0.3, 0.4) is 0 Å². The average molecular weight is 535 g/mol. The third kappa shape index (κ3) is 10.1. The molecule has 0 bridgehead atoms. The standard InChI is InChI=1S/C22H42N6O.HI/c1-8-10-12-19(9-2)15-24-22(25-16-21(29)27(5)6)23-14-11-13-20-17(3)26-28(7)18(20)4;/h19H,8-16H2,1-7H3,(H2,23,24,25);1H. The van der Waals surface area contributed by atoms with Crippen LogP contribution in [0, 0.1) is 19.8 Å². The molecule has 7 nitrogen and oxygen atoms in total. The Bertz CT molecular complexity index is 656. The number of guanidine groups is 1. The fourth-order valence-electron chi connectivity index (χ4n) is 3.30. The van der Waals surface area contributed by atoms with Gasteiger partial charge in [0.1, 0.15) is 6.54 Å². The Hall–Kier alpha value is -1.32. The Labute approximate surface area is 200 Å². The highest BCUT2D eigenvalue weighted by atomic mass is 127. The van der Waals surface area contributed by atoms with E-state index in [4.69, 9.17) is 0 Å². The fraction of sp³-hybridized carbons (Fsp3) is 0.773. The fourth-order valence-corrected chi connectivity index (χ4v) is 3.30. The van der Waals surface area contributed by atoms with E-state index in [-0.39, 0.29) is 36.4 Å². The summed E-state index contributed by atoms with van der Waals surface area (Å²) in [5, 5.41) is 11.3. The van der Waals surface area contributed by atoms with Gasteiger partial charge in [0.25, 0.3) is 0 Å². The molecule has 1 aromatic heterocycles. The predicted molar refractivity (Wildman–Crippen MR) is 137 cm³/mol. The number of carbonyl (C=O) groups is 1. The monoisotopic (exact) mass is 534 g/mol. The zero-order valence-electron chi connectivity index (χ0n) is 20.0. The Morgan fingerprint density at radius 2 is 1.90 bits per heavy atom. The molecule has 0 aliphatic rings. The average Bonchev–Trinajstić information content (AvgIpc) is 2.93. The van der Waals surface area contributed by atoms with Crippen molar-refractivity contribution in [2.75, 3.05) is 33.7 Å². The van der Waals surface area contributed by atoms with Gasteiger partial charge in [-0.25, -0.2) is 4.99 Å². The van der Waals surface area contributed by atoms with E-state index < -0.39 is 0 Å². The van der Waals surface area contributed by atoms with E-state index in [0.29, 0.717) is 5.92 Å². The van der Waals surface area contributed by atoms with Crippen LogP contribution in [-0.4, -0.2) is 60.3 Å². The number of rotatable bonds is 12. The molecule has 0 radical (unpaired) electrons. The minimum Gasteiger partial charge on any atom is -0.356 e. The van der Waals surface area contributed by atoms with Crippen molar-refractivity contribution in [1.29, 1.82) is 0 Å². The van der Waals surface area contributed by atoms with E-state index in [1.54, 1.807) is 19.0 Å². The number of nitrogens with one attached hydrogen (secondary N) is 2. The molecular formula is C22H43IN6O. The highest BCUT2D eigenvalue weighted by molar-refractivity contribution is 14.0. The summed E-state index contributed by atoms with van der Waals surface area (Å²) in [6.45, 7) is 10.5. The van der Waals surface area contributed by atoms with E-state index in [0.717, 1.165) is 44.0 Å². The molecule has 1 rings (SSSR count). The summed E-state index contributed by atoms with van der Waals surface area (Å²) in [6, 6.07) is 0. The summed E-state index contributed by atoms with van der Waals surface area (Å²) in [6.07, 6.45) is 6.82. The summed E-state index contributed by atoms with van der Waals surface area (Å²) in [5.41, 5.74) is 3.66. The lowest BCUT2D eigenvalue weighted by Crippen LogP contribution is -2.41. The summed E-state index contributed by atoms with van der Waals surface area (Å²) >= 11 is 0. The lowest BCUT2D eigenvalue weighted by Gasteiger charge is -2.18. The van der Waals surface area contributed by atoms with Crippen LogP contribution in [0.15, 0.2) is 4.99 Å². The molecule has 0 aromatic carbocycles. The topological polar surface area (TPSA) is 74.6 Å². The Morgan fingerprint density at radius 1 is 1.20 bits per heavy atom. The number of nitrogens with zero attached hydrogens (tertiary/aromatic N) is 4. The highest BCUT2D eigenvalue weighted by Crippen LogP contribution is 2.14. The van der Waals surface area contributed by atoms with Gasteiger partial charge < -0.3 is 15.5 Å². The number of aliphatic imine (C=N–C) groups is 1. The number of aryl methyl sites for hydroxylation is 2. The lowest BCUT2D eigenvalue weighted by molar-refractivity contribution is -0.127. The number of hydrogen-bond donors (Lipinski definition) is 2. The molecule has 1 aromatic rings. The second kappa shape index (κ2) is 15.5.